The van der Waals surface area contributed by atoms with Crippen molar-refractivity contribution in [2.24, 2.45) is 0 Å². The van der Waals surface area contributed by atoms with Gasteiger partial charge in [0.15, 0.2) is 0 Å². The molecule has 3 aromatic rings. The van der Waals surface area contributed by atoms with Crippen LogP contribution in [0.25, 0.3) is 11.3 Å². The van der Waals surface area contributed by atoms with E-state index in [1.807, 2.05) is 66.9 Å². The highest BCUT2D eigenvalue weighted by molar-refractivity contribution is 9.10. The minimum Gasteiger partial charge on any atom is -0.264 e. The van der Waals surface area contributed by atoms with Crippen molar-refractivity contribution in [3.8, 4) is 11.3 Å². The molecule has 0 spiro atoms. The van der Waals surface area contributed by atoms with Crippen molar-refractivity contribution in [2.75, 3.05) is 5.43 Å². The third-order valence-electron chi connectivity index (χ3n) is 3.26. The number of carbonyl (C=O) groups is 1. The minimum absolute atomic E-state index is 0.143. The van der Waals surface area contributed by atoms with E-state index in [4.69, 9.17) is 0 Å². The Morgan fingerprint density at radius 3 is 2.27 bits per heavy atom. The van der Waals surface area contributed by atoms with E-state index < -0.39 is 0 Å². The summed E-state index contributed by atoms with van der Waals surface area (Å²) >= 11 is 3.43. The van der Waals surface area contributed by atoms with Crippen molar-refractivity contribution in [3.63, 3.8) is 0 Å². The van der Waals surface area contributed by atoms with Crippen LogP contribution in [-0.4, -0.2) is 5.91 Å². The van der Waals surface area contributed by atoms with Crippen molar-refractivity contribution in [2.45, 2.75) is 0 Å². The lowest BCUT2D eigenvalue weighted by Gasteiger charge is -2.04. The molecular formula is C18H14BrN2O+. The molecule has 0 saturated heterocycles. The second-order valence-electron chi connectivity index (χ2n) is 4.77. The van der Waals surface area contributed by atoms with Gasteiger partial charge < -0.3 is 0 Å². The van der Waals surface area contributed by atoms with Crippen molar-refractivity contribution in [3.05, 3.63) is 89.0 Å². The highest BCUT2D eigenvalue weighted by Gasteiger charge is 2.16. The Morgan fingerprint density at radius 1 is 0.864 bits per heavy atom. The number of benzene rings is 2. The van der Waals surface area contributed by atoms with Gasteiger partial charge in [-0.2, -0.15) is 0 Å². The number of carbonyl (C=O) groups excluding carboxylic acids is 1. The highest BCUT2D eigenvalue weighted by Crippen LogP contribution is 2.18. The summed E-state index contributed by atoms with van der Waals surface area (Å²) in [6.07, 6.45) is 1.83. The highest BCUT2D eigenvalue weighted by atomic mass is 79.9. The van der Waals surface area contributed by atoms with E-state index in [-0.39, 0.29) is 5.91 Å². The summed E-state index contributed by atoms with van der Waals surface area (Å²) in [6, 6.07) is 22.9. The number of amides is 1. The van der Waals surface area contributed by atoms with Gasteiger partial charge in [0, 0.05) is 27.7 Å². The summed E-state index contributed by atoms with van der Waals surface area (Å²) in [5, 5.41) is 0. The molecule has 108 valence electrons. The van der Waals surface area contributed by atoms with Crippen molar-refractivity contribution in [1.82, 2.24) is 0 Å². The zero-order valence-corrected chi connectivity index (χ0v) is 13.3. The molecule has 1 N–H and O–H groups in total. The Labute approximate surface area is 137 Å². The van der Waals surface area contributed by atoms with E-state index in [1.54, 1.807) is 16.8 Å². The first kappa shape index (κ1) is 14.5. The average Bonchev–Trinajstić information content (AvgIpc) is 2.57. The van der Waals surface area contributed by atoms with Gasteiger partial charge in [0.25, 0.3) is 0 Å². The summed E-state index contributed by atoms with van der Waals surface area (Å²) in [5.74, 6) is -0.143. The topological polar surface area (TPSA) is 33.0 Å². The summed E-state index contributed by atoms with van der Waals surface area (Å²) in [7, 11) is 0. The van der Waals surface area contributed by atoms with Crippen LogP contribution in [0.2, 0.25) is 0 Å². The monoisotopic (exact) mass is 353 g/mol. The molecule has 0 aliphatic carbocycles. The molecule has 0 fully saturated rings. The van der Waals surface area contributed by atoms with E-state index in [9.17, 15) is 4.79 Å². The van der Waals surface area contributed by atoms with Crippen LogP contribution in [0.1, 0.15) is 10.4 Å². The number of rotatable bonds is 3. The molecule has 0 unspecified atom stereocenters. The molecular weight excluding hydrogens is 340 g/mol. The smallest absolute Gasteiger partial charge is 0.264 e. The predicted molar refractivity (Wildman–Crippen MR) is 89.9 cm³/mol. The fraction of sp³-hybridized carbons (Fsp3) is 0. The number of aromatic nitrogens is 1. The summed E-state index contributed by atoms with van der Waals surface area (Å²) in [6.45, 7) is 0. The third-order valence-corrected chi connectivity index (χ3v) is 3.79. The van der Waals surface area contributed by atoms with Gasteiger partial charge in [-0.05, 0) is 42.5 Å². The molecule has 0 aliphatic rings. The van der Waals surface area contributed by atoms with Gasteiger partial charge in [0.2, 0.25) is 11.9 Å². The Bertz CT molecular complexity index is 786. The van der Waals surface area contributed by atoms with Gasteiger partial charge in [0.05, 0.1) is 0 Å². The lowest BCUT2D eigenvalue weighted by molar-refractivity contribution is -0.630. The molecule has 0 atom stereocenters. The molecule has 1 heterocycles. The maximum atomic E-state index is 12.3. The molecule has 0 saturated carbocycles. The molecule has 0 radical (unpaired) electrons. The van der Waals surface area contributed by atoms with E-state index in [0.29, 0.717) is 5.56 Å². The number of hydrogen-bond donors (Lipinski definition) is 1. The van der Waals surface area contributed by atoms with Crippen LogP contribution >= 0.6 is 15.9 Å². The first-order valence-corrected chi connectivity index (χ1v) is 7.66. The minimum atomic E-state index is -0.143. The molecule has 22 heavy (non-hydrogen) atoms. The second-order valence-corrected chi connectivity index (χ2v) is 5.69. The van der Waals surface area contributed by atoms with Crippen molar-refractivity contribution < 1.29 is 9.47 Å². The fourth-order valence-corrected chi connectivity index (χ4v) is 2.42. The molecule has 2 aromatic carbocycles. The molecule has 0 bridgehead atoms. The SMILES string of the molecule is O=C(N[n+]1ccccc1-c1ccc(Br)cc1)c1ccccc1. The Morgan fingerprint density at radius 2 is 1.55 bits per heavy atom. The van der Waals surface area contributed by atoms with E-state index in [0.717, 1.165) is 15.7 Å². The van der Waals surface area contributed by atoms with Crippen LogP contribution in [0.5, 0.6) is 0 Å². The Hall–Kier alpha value is -2.46. The lowest BCUT2D eigenvalue weighted by atomic mass is 10.1. The average molecular weight is 354 g/mol. The predicted octanol–water partition coefficient (Wildman–Crippen LogP) is 3.79. The largest absolute Gasteiger partial charge is 0.305 e. The number of halogens is 1. The first-order valence-electron chi connectivity index (χ1n) is 6.87. The third kappa shape index (κ3) is 3.23. The van der Waals surface area contributed by atoms with Crippen molar-refractivity contribution in [1.29, 1.82) is 0 Å². The molecule has 1 aromatic heterocycles. The Balaban J connectivity index is 1.92. The van der Waals surface area contributed by atoms with Gasteiger partial charge in [-0.25, -0.2) is 0 Å². The number of nitrogens with one attached hydrogen (secondary N) is 1. The zero-order valence-electron chi connectivity index (χ0n) is 11.7. The van der Waals surface area contributed by atoms with Crippen LogP contribution in [0.15, 0.2) is 83.5 Å². The van der Waals surface area contributed by atoms with Crippen LogP contribution in [-0.2, 0) is 0 Å². The van der Waals surface area contributed by atoms with Crippen LogP contribution in [0, 0.1) is 0 Å². The van der Waals surface area contributed by atoms with Crippen LogP contribution in [0.4, 0.5) is 0 Å². The summed E-state index contributed by atoms with van der Waals surface area (Å²) in [5.41, 5.74) is 5.47. The van der Waals surface area contributed by atoms with Crippen LogP contribution < -0.4 is 10.1 Å². The van der Waals surface area contributed by atoms with Crippen LogP contribution in [0.3, 0.4) is 0 Å². The molecule has 1 amide bonds. The van der Waals surface area contributed by atoms with Gasteiger partial charge >= 0.3 is 5.91 Å². The van der Waals surface area contributed by atoms with Gasteiger partial charge in [0.1, 0.15) is 0 Å². The molecule has 3 nitrogen and oxygen atoms in total. The lowest BCUT2D eigenvalue weighted by Crippen LogP contribution is -2.49. The molecule has 4 heteroatoms. The first-order chi connectivity index (χ1) is 10.7. The number of pyridine rings is 1. The second kappa shape index (κ2) is 6.54. The van der Waals surface area contributed by atoms with Gasteiger partial charge in [-0.3, -0.25) is 4.79 Å². The zero-order chi connectivity index (χ0) is 15.4. The number of hydrogen-bond acceptors (Lipinski definition) is 1. The van der Waals surface area contributed by atoms with Crippen molar-refractivity contribution >= 4 is 21.8 Å². The van der Waals surface area contributed by atoms with Gasteiger partial charge in [-0.1, -0.05) is 38.8 Å². The van der Waals surface area contributed by atoms with E-state index in [1.165, 1.54) is 0 Å². The van der Waals surface area contributed by atoms with E-state index in [2.05, 4.69) is 21.4 Å². The standard InChI is InChI=1S/C18H13BrN2O/c19-16-11-9-14(10-12-16)17-8-4-5-13-21(17)20-18(22)15-6-2-1-3-7-15/h1-13H/p+1. The summed E-state index contributed by atoms with van der Waals surface area (Å²) in [4.78, 5) is 12.3. The quantitative estimate of drug-likeness (QED) is 0.714. The maximum Gasteiger partial charge on any atom is 0.305 e. The Kier molecular flexibility index (Phi) is 4.30. The fourth-order valence-electron chi connectivity index (χ4n) is 2.16. The molecule has 3 rings (SSSR count). The normalized spacial score (nSPS) is 10.2. The van der Waals surface area contributed by atoms with E-state index >= 15 is 0 Å². The maximum absolute atomic E-state index is 12.3. The number of nitrogens with zero attached hydrogens (tertiary/aromatic N) is 1. The molecule has 0 aliphatic heterocycles. The van der Waals surface area contributed by atoms with Gasteiger partial charge in [-0.15, -0.1) is 5.43 Å². The summed E-state index contributed by atoms with van der Waals surface area (Å²) < 4.78 is 2.76.